The summed E-state index contributed by atoms with van der Waals surface area (Å²) in [4.78, 5) is 26.1. The van der Waals surface area contributed by atoms with Crippen LogP contribution < -0.4 is 5.43 Å². The van der Waals surface area contributed by atoms with E-state index in [1.165, 1.54) is 35.6 Å². The molecule has 0 amide bonds. The normalized spacial score (nSPS) is 11.2. The Morgan fingerprint density at radius 2 is 2.00 bits per heavy atom. The van der Waals surface area contributed by atoms with E-state index in [2.05, 4.69) is 15.5 Å². The number of hydrogen-bond donors (Lipinski definition) is 3. The number of rotatable bonds is 7. The van der Waals surface area contributed by atoms with E-state index in [4.69, 9.17) is 0 Å². The number of nitrogens with one attached hydrogen (secondary N) is 1. The molecule has 0 aliphatic carbocycles. The first kappa shape index (κ1) is 19.0. The van der Waals surface area contributed by atoms with Gasteiger partial charge in [-0.1, -0.05) is 24.3 Å². The fourth-order valence-electron chi connectivity index (χ4n) is 2.32. The van der Waals surface area contributed by atoms with Gasteiger partial charge >= 0.3 is 5.97 Å². The molecule has 0 fully saturated rings. The lowest BCUT2D eigenvalue weighted by atomic mass is 10.1. The fraction of sp³-hybridized carbons (Fsp3) is 0.0556. The van der Waals surface area contributed by atoms with Crippen LogP contribution in [0.3, 0.4) is 0 Å². The Morgan fingerprint density at radius 3 is 2.68 bits per heavy atom. The number of aromatic hydroxyl groups is 1. The molecule has 0 bridgehead atoms. The second kappa shape index (κ2) is 8.27. The Labute approximate surface area is 162 Å². The molecule has 0 aliphatic heterocycles. The lowest BCUT2D eigenvalue weighted by Crippen LogP contribution is -2.17. The van der Waals surface area contributed by atoms with Gasteiger partial charge in [0.25, 0.3) is 5.69 Å². The summed E-state index contributed by atoms with van der Waals surface area (Å²) in [7, 11) is 0. The number of phenolic OH excluding ortho intramolecular Hbond substituents is 1. The minimum Gasteiger partial charge on any atom is -0.508 e. The third-order valence-corrected chi connectivity index (χ3v) is 4.45. The van der Waals surface area contributed by atoms with Gasteiger partial charge in [-0.05, 0) is 17.7 Å². The summed E-state index contributed by atoms with van der Waals surface area (Å²) in [6, 6.07) is 12.2. The second-order valence-electron chi connectivity index (χ2n) is 5.66. The molecule has 0 aliphatic rings. The molecule has 142 valence electrons. The molecule has 0 saturated carbocycles. The number of hydrogen-bond acceptors (Lipinski definition) is 8. The van der Waals surface area contributed by atoms with E-state index >= 15 is 0 Å². The number of aliphatic carboxylic acids is 1. The molecule has 3 rings (SSSR count). The van der Waals surface area contributed by atoms with E-state index in [1.807, 2.05) is 0 Å². The Bertz CT molecular complexity index is 1050. The quantitative estimate of drug-likeness (QED) is 0.314. The maximum absolute atomic E-state index is 11.4. The number of benzene rings is 2. The predicted octanol–water partition coefficient (Wildman–Crippen LogP) is 3.52. The Balaban J connectivity index is 1.75. The highest BCUT2D eigenvalue weighted by molar-refractivity contribution is 7.14. The molecular weight excluding hydrogens is 384 g/mol. The number of nitro benzene ring substituents is 1. The van der Waals surface area contributed by atoms with E-state index in [1.54, 1.807) is 29.6 Å². The number of thiazole rings is 1. The standard InChI is InChI=1S/C18H14N4O5S/c23-14-6-4-11(5-7-14)8-15(17(24)25)20-21-18-19-16(10-28-18)12-2-1-3-13(9-12)22(26)27/h1-7,9-10,23H,8H2,(H,19,21)(H,24,25). The van der Waals surface area contributed by atoms with Crippen molar-refractivity contribution in [2.75, 3.05) is 5.43 Å². The molecule has 1 aromatic heterocycles. The van der Waals surface area contributed by atoms with Gasteiger partial charge in [0.2, 0.25) is 5.13 Å². The summed E-state index contributed by atoms with van der Waals surface area (Å²) in [6.45, 7) is 0. The minimum absolute atomic E-state index is 0.0416. The van der Waals surface area contributed by atoms with Crippen LogP contribution in [-0.2, 0) is 11.2 Å². The highest BCUT2D eigenvalue weighted by Gasteiger charge is 2.13. The molecule has 0 saturated heterocycles. The maximum atomic E-state index is 11.4. The first-order chi connectivity index (χ1) is 13.4. The molecule has 0 unspecified atom stereocenters. The van der Waals surface area contributed by atoms with Crippen molar-refractivity contribution in [2.24, 2.45) is 5.10 Å². The zero-order valence-corrected chi connectivity index (χ0v) is 15.1. The van der Waals surface area contributed by atoms with Gasteiger partial charge in [0.15, 0.2) is 0 Å². The summed E-state index contributed by atoms with van der Waals surface area (Å²) < 4.78 is 0. The number of phenols is 1. The number of anilines is 1. The predicted molar refractivity (Wildman–Crippen MR) is 105 cm³/mol. The van der Waals surface area contributed by atoms with Gasteiger partial charge in [-0.3, -0.25) is 15.5 Å². The largest absolute Gasteiger partial charge is 0.508 e. The Hall–Kier alpha value is -3.79. The Morgan fingerprint density at radius 1 is 1.25 bits per heavy atom. The molecule has 28 heavy (non-hydrogen) atoms. The molecule has 1 heterocycles. The summed E-state index contributed by atoms with van der Waals surface area (Å²) in [5.74, 6) is -1.09. The number of hydrazone groups is 1. The molecule has 0 radical (unpaired) electrons. The van der Waals surface area contributed by atoms with Gasteiger partial charge in [0.05, 0.1) is 10.6 Å². The lowest BCUT2D eigenvalue weighted by molar-refractivity contribution is -0.384. The average molecular weight is 398 g/mol. The van der Waals surface area contributed by atoms with Crippen molar-refractivity contribution in [1.29, 1.82) is 0 Å². The molecule has 0 spiro atoms. The van der Waals surface area contributed by atoms with Crippen LogP contribution >= 0.6 is 11.3 Å². The third kappa shape index (κ3) is 4.68. The van der Waals surface area contributed by atoms with Crippen LogP contribution in [0, 0.1) is 10.1 Å². The van der Waals surface area contributed by atoms with Gasteiger partial charge < -0.3 is 10.2 Å². The van der Waals surface area contributed by atoms with Crippen LogP contribution in [0.25, 0.3) is 11.3 Å². The Kier molecular flexibility index (Phi) is 5.61. The molecule has 2 aromatic carbocycles. The third-order valence-electron chi connectivity index (χ3n) is 3.70. The van der Waals surface area contributed by atoms with Gasteiger partial charge in [-0.15, -0.1) is 11.3 Å². The van der Waals surface area contributed by atoms with Crippen LogP contribution in [0.2, 0.25) is 0 Å². The van der Waals surface area contributed by atoms with Crippen molar-refractivity contribution < 1.29 is 19.9 Å². The second-order valence-corrected chi connectivity index (χ2v) is 6.52. The van der Waals surface area contributed by atoms with Crippen LogP contribution in [-0.4, -0.2) is 31.8 Å². The van der Waals surface area contributed by atoms with Crippen molar-refractivity contribution in [1.82, 2.24) is 4.98 Å². The SMILES string of the molecule is O=C(O)C(Cc1ccc(O)cc1)=NNc1nc(-c2cccc([N+](=O)[O-])c2)cs1. The monoisotopic (exact) mass is 398 g/mol. The van der Waals surface area contributed by atoms with Crippen LogP contribution in [0.4, 0.5) is 10.8 Å². The number of aromatic nitrogens is 1. The molecule has 10 heteroatoms. The van der Waals surface area contributed by atoms with Gasteiger partial charge in [-0.2, -0.15) is 5.10 Å². The number of carboxylic acid groups (broad SMARTS) is 1. The smallest absolute Gasteiger partial charge is 0.352 e. The zero-order valence-electron chi connectivity index (χ0n) is 14.3. The highest BCUT2D eigenvalue weighted by atomic mass is 32.1. The van der Waals surface area contributed by atoms with E-state index in [9.17, 15) is 25.1 Å². The van der Waals surface area contributed by atoms with Crippen molar-refractivity contribution in [3.63, 3.8) is 0 Å². The maximum Gasteiger partial charge on any atom is 0.352 e. The fourth-order valence-corrected chi connectivity index (χ4v) is 2.98. The van der Waals surface area contributed by atoms with Crippen molar-refractivity contribution in [2.45, 2.75) is 6.42 Å². The van der Waals surface area contributed by atoms with Crippen molar-refractivity contribution in [3.8, 4) is 17.0 Å². The topological polar surface area (TPSA) is 138 Å². The summed E-state index contributed by atoms with van der Waals surface area (Å²) in [6.07, 6.45) is 0.0612. The summed E-state index contributed by atoms with van der Waals surface area (Å²) in [5.41, 5.74) is 4.22. The zero-order chi connectivity index (χ0) is 20.1. The van der Waals surface area contributed by atoms with Crippen molar-refractivity contribution >= 4 is 33.8 Å². The minimum atomic E-state index is -1.18. The molecule has 0 atom stereocenters. The molecule has 3 aromatic rings. The van der Waals surface area contributed by atoms with Crippen LogP contribution in [0.15, 0.2) is 59.0 Å². The number of nitro groups is 1. The molecule has 9 nitrogen and oxygen atoms in total. The first-order valence-electron chi connectivity index (χ1n) is 7.96. The van der Waals surface area contributed by atoms with E-state index < -0.39 is 10.9 Å². The molecular formula is C18H14N4O5S. The summed E-state index contributed by atoms with van der Waals surface area (Å²) >= 11 is 1.20. The lowest BCUT2D eigenvalue weighted by Gasteiger charge is -2.03. The number of carbonyl (C=O) groups is 1. The van der Waals surface area contributed by atoms with Gasteiger partial charge in [0, 0.05) is 29.5 Å². The van der Waals surface area contributed by atoms with Crippen LogP contribution in [0.5, 0.6) is 5.75 Å². The molecule has 3 N–H and O–H groups in total. The number of carboxylic acids is 1. The first-order valence-corrected chi connectivity index (χ1v) is 8.84. The van der Waals surface area contributed by atoms with Crippen LogP contribution in [0.1, 0.15) is 5.56 Å². The van der Waals surface area contributed by atoms with Crippen molar-refractivity contribution in [3.05, 3.63) is 69.6 Å². The van der Waals surface area contributed by atoms with E-state index in [0.717, 1.165) is 0 Å². The number of non-ortho nitro benzene ring substituents is 1. The van der Waals surface area contributed by atoms with Gasteiger partial charge in [-0.25, -0.2) is 9.78 Å². The average Bonchev–Trinajstić information content (AvgIpc) is 3.15. The van der Waals surface area contributed by atoms with E-state index in [0.29, 0.717) is 22.0 Å². The van der Waals surface area contributed by atoms with E-state index in [-0.39, 0.29) is 23.6 Å². The number of nitrogens with zero attached hydrogens (tertiary/aromatic N) is 3. The van der Waals surface area contributed by atoms with Gasteiger partial charge in [0.1, 0.15) is 11.5 Å². The highest BCUT2D eigenvalue weighted by Crippen LogP contribution is 2.27. The summed E-state index contributed by atoms with van der Waals surface area (Å²) in [5, 5.41) is 35.5.